The van der Waals surface area contributed by atoms with E-state index in [2.05, 4.69) is 0 Å². The van der Waals surface area contributed by atoms with Crippen LogP contribution in [0.15, 0.2) is 18.2 Å². The van der Waals surface area contributed by atoms with E-state index < -0.39 is 28.4 Å². The van der Waals surface area contributed by atoms with E-state index in [0.29, 0.717) is 0 Å². The summed E-state index contributed by atoms with van der Waals surface area (Å²) in [6.07, 6.45) is -2.75. The van der Waals surface area contributed by atoms with Crippen LogP contribution in [0.1, 0.15) is 29.3 Å². The van der Waals surface area contributed by atoms with Crippen molar-refractivity contribution in [3.8, 4) is 0 Å². The van der Waals surface area contributed by atoms with Gasteiger partial charge in [0.1, 0.15) is 0 Å². The molecule has 0 heterocycles. The summed E-state index contributed by atoms with van der Waals surface area (Å²) in [5, 5.41) is 10.5. The van der Waals surface area contributed by atoms with Gasteiger partial charge in [-0.1, -0.05) is 0 Å². The number of carbonyl (C=O) groups excluding carboxylic acids is 1. The summed E-state index contributed by atoms with van der Waals surface area (Å²) >= 11 is 0. The first-order valence-corrected chi connectivity index (χ1v) is 4.01. The molecule has 0 bridgehead atoms. The van der Waals surface area contributed by atoms with Gasteiger partial charge in [0, 0.05) is 11.6 Å². The first-order valence-electron chi connectivity index (χ1n) is 4.01. The van der Waals surface area contributed by atoms with Crippen LogP contribution in [-0.4, -0.2) is 10.7 Å². The van der Waals surface area contributed by atoms with E-state index >= 15 is 0 Å². The second-order valence-corrected chi connectivity index (χ2v) is 2.89. The Hall–Kier alpha value is -1.85. The lowest BCUT2D eigenvalue weighted by atomic mass is 10.1. The minimum absolute atomic E-state index is 0.294. The normalized spacial score (nSPS) is 10.4. The summed E-state index contributed by atoms with van der Waals surface area (Å²) in [5.41, 5.74) is -1.14. The van der Waals surface area contributed by atoms with Crippen LogP contribution >= 0.6 is 0 Å². The highest BCUT2D eigenvalue weighted by Gasteiger charge is 2.19. The number of halogens is 2. The van der Waals surface area contributed by atoms with E-state index in [1.54, 1.807) is 0 Å². The van der Waals surface area contributed by atoms with Crippen LogP contribution < -0.4 is 0 Å². The van der Waals surface area contributed by atoms with E-state index in [-0.39, 0.29) is 5.56 Å². The Kier molecular flexibility index (Phi) is 3.08. The van der Waals surface area contributed by atoms with Crippen molar-refractivity contribution in [1.82, 2.24) is 0 Å². The fraction of sp³-hybridized carbons (Fsp3) is 0.222. The molecule has 0 radical (unpaired) electrons. The SMILES string of the molecule is CC(=O)c1cc(C(F)F)ccc1[N+](=O)[O-]. The molecule has 0 aliphatic carbocycles. The minimum atomic E-state index is -2.75. The zero-order chi connectivity index (χ0) is 11.6. The number of alkyl halides is 2. The van der Waals surface area contributed by atoms with Crippen molar-refractivity contribution < 1.29 is 18.5 Å². The van der Waals surface area contributed by atoms with Gasteiger partial charge in [-0.15, -0.1) is 0 Å². The Balaban J connectivity index is 3.33. The maximum absolute atomic E-state index is 12.3. The predicted molar refractivity (Wildman–Crippen MR) is 48.1 cm³/mol. The second-order valence-electron chi connectivity index (χ2n) is 2.89. The van der Waals surface area contributed by atoms with Gasteiger partial charge >= 0.3 is 0 Å². The molecule has 0 N–H and O–H groups in total. The highest BCUT2D eigenvalue weighted by atomic mass is 19.3. The lowest BCUT2D eigenvalue weighted by Crippen LogP contribution is -2.01. The standard InChI is InChI=1S/C9H7F2NO3/c1-5(13)7-4-6(9(10)11)2-3-8(7)12(14)15/h2-4,9H,1H3. The van der Waals surface area contributed by atoms with E-state index in [9.17, 15) is 23.7 Å². The van der Waals surface area contributed by atoms with Crippen LogP contribution in [0.25, 0.3) is 0 Å². The van der Waals surface area contributed by atoms with E-state index in [4.69, 9.17) is 0 Å². The van der Waals surface area contributed by atoms with E-state index in [1.165, 1.54) is 0 Å². The maximum Gasteiger partial charge on any atom is 0.280 e. The number of nitrogens with zero attached hydrogens (tertiary/aromatic N) is 1. The molecule has 0 aliphatic heterocycles. The molecule has 1 rings (SSSR count). The van der Waals surface area contributed by atoms with Gasteiger partial charge in [-0.2, -0.15) is 0 Å². The van der Waals surface area contributed by atoms with Gasteiger partial charge in [-0.3, -0.25) is 14.9 Å². The molecule has 0 aromatic heterocycles. The van der Waals surface area contributed by atoms with Crippen LogP contribution in [0.2, 0.25) is 0 Å². The third-order valence-corrected chi connectivity index (χ3v) is 1.85. The molecule has 6 heteroatoms. The number of benzene rings is 1. The second kappa shape index (κ2) is 4.12. The highest BCUT2D eigenvalue weighted by molar-refractivity contribution is 5.98. The number of Topliss-reactive ketones (excluding diaryl/α,β-unsaturated/α-hetero) is 1. The first kappa shape index (κ1) is 11.2. The molecule has 15 heavy (non-hydrogen) atoms. The van der Waals surface area contributed by atoms with Gasteiger partial charge in [-0.25, -0.2) is 8.78 Å². The Bertz CT molecular complexity index is 418. The van der Waals surface area contributed by atoms with Gasteiger partial charge in [0.15, 0.2) is 5.78 Å². The number of nitro groups is 1. The van der Waals surface area contributed by atoms with E-state index in [1.807, 2.05) is 0 Å². The first-order chi connectivity index (χ1) is 6.93. The van der Waals surface area contributed by atoms with Crippen molar-refractivity contribution in [2.75, 3.05) is 0 Å². The lowest BCUT2D eigenvalue weighted by molar-refractivity contribution is -0.385. The maximum atomic E-state index is 12.3. The predicted octanol–water partition coefficient (Wildman–Crippen LogP) is 2.74. The monoisotopic (exact) mass is 215 g/mol. The van der Waals surface area contributed by atoms with Crippen LogP contribution in [-0.2, 0) is 0 Å². The Labute approximate surface area is 83.7 Å². The van der Waals surface area contributed by atoms with Gasteiger partial charge in [0.25, 0.3) is 12.1 Å². The molecule has 80 valence electrons. The molecular weight excluding hydrogens is 208 g/mol. The quantitative estimate of drug-likeness (QED) is 0.442. The molecule has 0 aliphatic rings. The summed E-state index contributed by atoms with van der Waals surface area (Å²) < 4.78 is 24.5. The Morgan fingerprint density at radius 3 is 2.47 bits per heavy atom. The smallest absolute Gasteiger partial charge is 0.280 e. The summed E-state index contributed by atoms with van der Waals surface area (Å²) in [7, 11) is 0. The highest BCUT2D eigenvalue weighted by Crippen LogP contribution is 2.26. The summed E-state index contributed by atoms with van der Waals surface area (Å²) in [6.45, 7) is 1.09. The van der Waals surface area contributed by atoms with Crippen molar-refractivity contribution in [2.45, 2.75) is 13.3 Å². The van der Waals surface area contributed by atoms with Crippen LogP contribution in [0.5, 0.6) is 0 Å². The summed E-state index contributed by atoms with van der Waals surface area (Å²) in [5.74, 6) is -0.607. The van der Waals surface area contributed by atoms with Crippen molar-refractivity contribution in [3.05, 3.63) is 39.4 Å². The molecule has 0 unspecified atom stereocenters. The fourth-order valence-corrected chi connectivity index (χ4v) is 1.13. The summed E-state index contributed by atoms with van der Waals surface area (Å²) in [4.78, 5) is 20.7. The zero-order valence-electron chi connectivity index (χ0n) is 7.74. The fourth-order valence-electron chi connectivity index (χ4n) is 1.13. The number of carbonyl (C=O) groups is 1. The van der Waals surface area contributed by atoms with Crippen LogP contribution in [0.4, 0.5) is 14.5 Å². The molecule has 4 nitrogen and oxygen atoms in total. The van der Waals surface area contributed by atoms with Crippen molar-refractivity contribution in [2.24, 2.45) is 0 Å². The van der Waals surface area contributed by atoms with Gasteiger partial charge in [0.05, 0.1) is 10.5 Å². The Morgan fingerprint density at radius 2 is 2.07 bits per heavy atom. The van der Waals surface area contributed by atoms with Crippen LogP contribution in [0, 0.1) is 10.1 Å². The number of hydrogen-bond acceptors (Lipinski definition) is 3. The van der Waals surface area contributed by atoms with Gasteiger partial charge in [0.2, 0.25) is 0 Å². The van der Waals surface area contributed by atoms with E-state index in [0.717, 1.165) is 25.1 Å². The van der Waals surface area contributed by atoms with Crippen molar-refractivity contribution in [3.63, 3.8) is 0 Å². The number of ketones is 1. The Morgan fingerprint density at radius 1 is 1.47 bits per heavy atom. The van der Waals surface area contributed by atoms with Crippen molar-refractivity contribution in [1.29, 1.82) is 0 Å². The average Bonchev–Trinajstić information content (AvgIpc) is 2.16. The minimum Gasteiger partial charge on any atom is -0.294 e. The topological polar surface area (TPSA) is 60.2 Å². The molecule has 0 atom stereocenters. The molecule has 0 saturated carbocycles. The molecule has 0 saturated heterocycles. The number of hydrogen-bond donors (Lipinski definition) is 0. The molecule has 0 amide bonds. The lowest BCUT2D eigenvalue weighted by Gasteiger charge is -2.02. The number of rotatable bonds is 3. The van der Waals surface area contributed by atoms with Gasteiger partial charge in [-0.05, 0) is 19.1 Å². The zero-order valence-corrected chi connectivity index (χ0v) is 7.74. The molecular formula is C9H7F2NO3. The summed E-state index contributed by atoms with van der Waals surface area (Å²) in [6, 6.07) is 2.71. The van der Waals surface area contributed by atoms with Crippen molar-refractivity contribution >= 4 is 11.5 Å². The molecule has 1 aromatic carbocycles. The average molecular weight is 215 g/mol. The molecule has 0 fully saturated rings. The van der Waals surface area contributed by atoms with Crippen LogP contribution in [0.3, 0.4) is 0 Å². The largest absolute Gasteiger partial charge is 0.294 e. The molecule has 0 spiro atoms. The third kappa shape index (κ3) is 2.34. The molecule has 1 aromatic rings. The third-order valence-electron chi connectivity index (χ3n) is 1.85. The van der Waals surface area contributed by atoms with Gasteiger partial charge < -0.3 is 0 Å². The number of nitro benzene ring substituents is 1.